The van der Waals surface area contributed by atoms with Crippen LogP contribution in [0.25, 0.3) is 0 Å². The second-order valence-electron chi connectivity index (χ2n) is 10.6. The summed E-state index contributed by atoms with van der Waals surface area (Å²) in [5.74, 6) is 2.27. The molecule has 10 nitrogen and oxygen atoms in total. The summed E-state index contributed by atoms with van der Waals surface area (Å²) >= 11 is 0. The van der Waals surface area contributed by atoms with Crippen molar-refractivity contribution < 1.29 is 24.5 Å². The van der Waals surface area contributed by atoms with Crippen LogP contribution in [0.1, 0.15) is 38.6 Å². The monoisotopic (exact) mass is 581 g/mol. The molecule has 0 radical (unpaired) electrons. The minimum absolute atomic E-state index is 0.00866. The summed E-state index contributed by atoms with van der Waals surface area (Å²) in [5.41, 5.74) is 3.70. The Balaban J connectivity index is 1.25. The number of nitrogens with zero attached hydrogens (tertiary/aromatic N) is 5. The Kier molecular flexibility index (Phi) is 9.25. The largest absolute Gasteiger partial charge is 0.507 e. The Morgan fingerprint density at radius 3 is 2.56 bits per heavy atom. The molecule has 0 unspecified atom stereocenters. The van der Waals surface area contributed by atoms with Crippen LogP contribution in [0.5, 0.6) is 23.0 Å². The van der Waals surface area contributed by atoms with Gasteiger partial charge < -0.3 is 29.2 Å². The minimum atomic E-state index is -0.148. The van der Waals surface area contributed by atoms with Crippen molar-refractivity contribution in [3.63, 3.8) is 0 Å². The third-order valence-electron chi connectivity index (χ3n) is 7.47. The molecule has 3 aromatic carbocycles. The minimum Gasteiger partial charge on any atom is -0.507 e. The number of benzene rings is 3. The molecule has 2 N–H and O–H groups in total. The maximum atomic E-state index is 13.0. The van der Waals surface area contributed by atoms with Crippen LogP contribution < -0.4 is 9.47 Å². The average molecular weight is 582 g/mol. The van der Waals surface area contributed by atoms with Crippen LogP contribution in [0.2, 0.25) is 0 Å². The quantitative estimate of drug-likeness (QED) is 0.285. The number of phenols is 1. The molecule has 0 bridgehead atoms. The molecule has 5 rings (SSSR count). The van der Waals surface area contributed by atoms with Crippen LogP contribution in [-0.2, 0) is 13.1 Å². The number of imidazole rings is 1. The molecule has 0 saturated carbocycles. The van der Waals surface area contributed by atoms with Crippen molar-refractivity contribution in [2.45, 2.75) is 26.9 Å². The Bertz CT molecular complexity index is 1640. The van der Waals surface area contributed by atoms with Gasteiger partial charge in [-0.15, -0.1) is 0 Å². The number of amides is 1. The fourth-order valence-electron chi connectivity index (χ4n) is 5.13. The molecule has 1 saturated heterocycles. The van der Waals surface area contributed by atoms with Gasteiger partial charge in [0.15, 0.2) is 0 Å². The number of ether oxygens (including phenoxy) is 2. The number of aliphatic hydroxyl groups is 1. The van der Waals surface area contributed by atoms with Gasteiger partial charge in [0.25, 0.3) is 5.91 Å². The van der Waals surface area contributed by atoms with Crippen molar-refractivity contribution in [3.05, 3.63) is 101 Å². The summed E-state index contributed by atoms with van der Waals surface area (Å²) in [6, 6.07) is 19.9. The molecule has 1 amide bonds. The molecule has 10 heteroatoms. The van der Waals surface area contributed by atoms with Crippen molar-refractivity contribution in [2.75, 3.05) is 39.4 Å². The van der Waals surface area contributed by atoms with Crippen LogP contribution in [0, 0.1) is 25.2 Å². The van der Waals surface area contributed by atoms with Gasteiger partial charge >= 0.3 is 0 Å². The lowest BCUT2D eigenvalue weighted by atomic mass is 10.1. The maximum absolute atomic E-state index is 13.0. The van der Waals surface area contributed by atoms with E-state index in [1.54, 1.807) is 53.4 Å². The van der Waals surface area contributed by atoms with Gasteiger partial charge in [0, 0.05) is 51.5 Å². The first-order chi connectivity index (χ1) is 20.8. The SMILES string of the molecule is Cc1ccc(O)c(C(=O)N2CCN(Cc3cnc(C)n3Cc3ccc(C#N)c(Oc4cccc(OCCO)c4)c3)CC2)c1. The Morgan fingerprint density at radius 2 is 1.79 bits per heavy atom. The lowest BCUT2D eigenvalue weighted by Gasteiger charge is -2.35. The van der Waals surface area contributed by atoms with E-state index in [0.717, 1.165) is 22.6 Å². The van der Waals surface area contributed by atoms with Gasteiger partial charge in [-0.3, -0.25) is 9.69 Å². The summed E-state index contributed by atoms with van der Waals surface area (Å²) < 4.78 is 13.7. The number of aliphatic hydroxyl groups excluding tert-OH is 1. The fourth-order valence-corrected chi connectivity index (χ4v) is 5.13. The molecule has 0 spiro atoms. The molecule has 0 atom stereocenters. The van der Waals surface area contributed by atoms with Crippen LogP contribution >= 0.6 is 0 Å². The van der Waals surface area contributed by atoms with Gasteiger partial charge in [-0.2, -0.15) is 5.26 Å². The number of carbonyl (C=O) groups is 1. The predicted molar refractivity (Wildman–Crippen MR) is 160 cm³/mol. The number of nitriles is 1. The summed E-state index contributed by atoms with van der Waals surface area (Å²) in [7, 11) is 0. The number of aromatic hydroxyl groups is 1. The van der Waals surface area contributed by atoms with E-state index in [0.29, 0.717) is 67.6 Å². The number of piperazine rings is 1. The van der Waals surface area contributed by atoms with Gasteiger partial charge in [-0.1, -0.05) is 23.8 Å². The number of phenolic OH excluding ortho intramolecular Hbond substituents is 1. The van der Waals surface area contributed by atoms with Crippen molar-refractivity contribution in [1.29, 1.82) is 5.26 Å². The Morgan fingerprint density at radius 1 is 1.00 bits per heavy atom. The summed E-state index contributed by atoms with van der Waals surface area (Å²) in [6.07, 6.45) is 1.89. The van der Waals surface area contributed by atoms with Gasteiger partial charge in [0.2, 0.25) is 0 Å². The van der Waals surface area contributed by atoms with Gasteiger partial charge in [-0.25, -0.2) is 4.98 Å². The summed E-state index contributed by atoms with van der Waals surface area (Å²) in [4.78, 5) is 21.7. The van der Waals surface area contributed by atoms with Crippen LogP contribution in [0.4, 0.5) is 0 Å². The Hall–Kier alpha value is -4.85. The normalized spacial score (nSPS) is 13.5. The third kappa shape index (κ3) is 7.15. The first-order valence-corrected chi connectivity index (χ1v) is 14.2. The fraction of sp³-hybridized carbons (Fsp3) is 0.303. The highest BCUT2D eigenvalue weighted by Gasteiger charge is 2.25. The zero-order chi connectivity index (χ0) is 30.3. The van der Waals surface area contributed by atoms with E-state index < -0.39 is 0 Å². The van der Waals surface area contributed by atoms with E-state index in [2.05, 4.69) is 20.5 Å². The number of aryl methyl sites for hydroxylation is 2. The topological polar surface area (TPSA) is 124 Å². The highest BCUT2D eigenvalue weighted by Crippen LogP contribution is 2.29. The van der Waals surface area contributed by atoms with Crippen LogP contribution in [0.15, 0.2) is 66.9 Å². The second-order valence-corrected chi connectivity index (χ2v) is 10.6. The molecular weight excluding hydrogens is 546 g/mol. The van der Waals surface area contributed by atoms with E-state index >= 15 is 0 Å². The van der Waals surface area contributed by atoms with Crippen LogP contribution in [0.3, 0.4) is 0 Å². The lowest BCUT2D eigenvalue weighted by Crippen LogP contribution is -2.48. The van der Waals surface area contributed by atoms with E-state index in [4.69, 9.17) is 14.6 Å². The van der Waals surface area contributed by atoms with Crippen molar-refractivity contribution >= 4 is 5.91 Å². The zero-order valence-electron chi connectivity index (χ0n) is 24.4. The highest BCUT2D eigenvalue weighted by molar-refractivity contribution is 5.97. The predicted octanol–water partition coefficient (Wildman–Crippen LogP) is 4.25. The van der Waals surface area contributed by atoms with Gasteiger partial charge in [-0.05, 0) is 55.8 Å². The molecule has 222 valence electrons. The van der Waals surface area contributed by atoms with E-state index in [1.807, 2.05) is 32.2 Å². The highest BCUT2D eigenvalue weighted by atomic mass is 16.5. The summed E-state index contributed by atoms with van der Waals surface area (Å²) in [5, 5.41) is 28.9. The number of hydrogen-bond acceptors (Lipinski definition) is 8. The molecule has 0 aliphatic carbocycles. The average Bonchev–Trinajstić information content (AvgIpc) is 3.35. The number of hydrogen-bond donors (Lipinski definition) is 2. The van der Waals surface area contributed by atoms with E-state index in [9.17, 15) is 15.2 Å². The zero-order valence-corrected chi connectivity index (χ0v) is 24.4. The molecular formula is C33H35N5O5. The lowest BCUT2D eigenvalue weighted by molar-refractivity contribution is 0.0622. The van der Waals surface area contributed by atoms with Crippen molar-refractivity contribution in [2.24, 2.45) is 0 Å². The number of rotatable bonds is 10. The van der Waals surface area contributed by atoms with Gasteiger partial charge in [0.1, 0.15) is 41.5 Å². The molecule has 1 aliphatic rings. The van der Waals surface area contributed by atoms with E-state index in [-0.39, 0.29) is 24.9 Å². The number of aromatic nitrogens is 2. The first kappa shape index (κ1) is 29.6. The number of carbonyl (C=O) groups excluding carboxylic acids is 1. The third-order valence-corrected chi connectivity index (χ3v) is 7.47. The second kappa shape index (κ2) is 13.4. The standard InChI is InChI=1S/C33H35N5O5/c1-23-6-9-31(40)30(16-23)33(41)37-12-10-36(11-13-37)22-27-20-35-24(2)38(27)21-25-7-8-26(19-34)32(17-25)43-29-5-3-4-28(18-29)42-15-14-39/h3-9,16-18,20,39-40H,10-15,21-22H2,1-2H3. The smallest absolute Gasteiger partial charge is 0.257 e. The molecule has 1 fully saturated rings. The van der Waals surface area contributed by atoms with Crippen LogP contribution in [-0.4, -0.2) is 74.9 Å². The van der Waals surface area contributed by atoms with Gasteiger partial charge in [0.05, 0.1) is 23.4 Å². The van der Waals surface area contributed by atoms with E-state index in [1.165, 1.54) is 0 Å². The molecule has 43 heavy (non-hydrogen) atoms. The molecule has 1 aromatic heterocycles. The molecule has 1 aliphatic heterocycles. The van der Waals surface area contributed by atoms with Crippen molar-refractivity contribution in [1.82, 2.24) is 19.4 Å². The Labute approximate surface area is 251 Å². The summed E-state index contributed by atoms with van der Waals surface area (Å²) in [6.45, 7) is 7.75. The molecule has 4 aromatic rings. The molecule has 2 heterocycles. The first-order valence-electron chi connectivity index (χ1n) is 14.2. The maximum Gasteiger partial charge on any atom is 0.257 e. The van der Waals surface area contributed by atoms with Crippen molar-refractivity contribution in [3.8, 4) is 29.1 Å².